The van der Waals surface area contributed by atoms with Crippen molar-refractivity contribution >= 4 is 5.78 Å². The summed E-state index contributed by atoms with van der Waals surface area (Å²) in [6.45, 7) is 8.19. The van der Waals surface area contributed by atoms with Gasteiger partial charge in [-0.25, -0.2) is 0 Å². The summed E-state index contributed by atoms with van der Waals surface area (Å²) >= 11 is 0. The van der Waals surface area contributed by atoms with Crippen LogP contribution in [0.2, 0.25) is 0 Å². The molecule has 0 saturated heterocycles. The van der Waals surface area contributed by atoms with Crippen molar-refractivity contribution in [3.05, 3.63) is 0 Å². The second-order valence-electron chi connectivity index (χ2n) is 3.25. The molecular weight excluding hydrogens is 136 g/mol. The molecule has 0 bridgehead atoms. The van der Waals surface area contributed by atoms with E-state index in [1.54, 1.807) is 0 Å². The molecule has 66 valence electrons. The smallest absolute Gasteiger partial charge is 0.135 e. The third-order valence-electron chi connectivity index (χ3n) is 2.19. The molecule has 0 aromatic rings. The highest BCUT2D eigenvalue weighted by atomic mass is 16.1. The Morgan fingerprint density at radius 3 is 2.09 bits per heavy atom. The zero-order chi connectivity index (χ0) is 8.85. The summed E-state index contributed by atoms with van der Waals surface area (Å²) in [5, 5.41) is 0. The van der Waals surface area contributed by atoms with Gasteiger partial charge in [-0.05, 0) is 18.8 Å². The predicted molar refractivity (Wildman–Crippen MR) is 48.5 cm³/mol. The molecule has 1 heteroatoms. The summed E-state index contributed by atoms with van der Waals surface area (Å²) in [6.07, 6.45) is 3.17. The highest BCUT2D eigenvalue weighted by Crippen LogP contribution is 2.24. The van der Waals surface area contributed by atoms with Crippen LogP contribution < -0.4 is 0 Å². The Balaban J connectivity index is 0.000000461. The first kappa shape index (κ1) is 10.7. The Kier molecular flexibility index (Phi) is 5.18. The summed E-state index contributed by atoms with van der Waals surface area (Å²) in [4.78, 5) is 11.0. The van der Waals surface area contributed by atoms with Crippen LogP contribution in [0.1, 0.15) is 47.0 Å². The lowest BCUT2D eigenvalue weighted by Crippen LogP contribution is -2.20. The first-order chi connectivity index (χ1) is 5.20. The van der Waals surface area contributed by atoms with Crippen molar-refractivity contribution in [2.75, 3.05) is 0 Å². The van der Waals surface area contributed by atoms with Gasteiger partial charge in [0.25, 0.3) is 0 Å². The van der Waals surface area contributed by atoms with Gasteiger partial charge in [-0.15, -0.1) is 0 Å². The van der Waals surface area contributed by atoms with E-state index in [4.69, 9.17) is 0 Å². The molecule has 2 unspecified atom stereocenters. The molecule has 1 aliphatic rings. The molecule has 0 aliphatic heterocycles. The Morgan fingerprint density at radius 2 is 1.73 bits per heavy atom. The lowest BCUT2D eigenvalue weighted by Gasteiger charge is -2.21. The number of hydrogen-bond acceptors (Lipinski definition) is 1. The Morgan fingerprint density at radius 1 is 1.18 bits per heavy atom. The van der Waals surface area contributed by atoms with Crippen molar-refractivity contribution in [1.29, 1.82) is 0 Å². The highest BCUT2D eigenvalue weighted by molar-refractivity contribution is 5.81. The third kappa shape index (κ3) is 3.54. The van der Waals surface area contributed by atoms with E-state index in [1.165, 1.54) is 6.42 Å². The Hall–Kier alpha value is -0.330. The van der Waals surface area contributed by atoms with Crippen molar-refractivity contribution in [3.8, 4) is 0 Å². The molecule has 1 nitrogen and oxygen atoms in total. The molecule has 0 spiro atoms. The van der Waals surface area contributed by atoms with Gasteiger partial charge in [0.2, 0.25) is 0 Å². The van der Waals surface area contributed by atoms with Crippen LogP contribution in [0.15, 0.2) is 0 Å². The SMILES string of the molecule is CC.CC1CCC(C)C(=O)C1. The Labute approximate surface area is 70.2 Å². The second-order valence-corrected chi connectivity index (χ2v) is 3.25. The maximum absolute atomic E-state index is 11.0. The van der Waals surface area contributed by atoms with Gasteiger partial charge in [0, 0.05) is 12.3 Å². The number of hydrogen-bond donors (Lipinski definition) is 0. The molecule has 1 fully saturated rings. The summed E-state index contributed by atoms with van der Waals surface area (Å²) in [5.41, 5.74) is 0. The average molecular weight is 156 g/mol. The van der Waals surface area contributed by atoms with Crippen LogP contribution in [0.25, 0.3) is 0 Å². The van der Waals surface area contributed by atoms with Crippen LogP contribution in [-0.4, -0.2) is 5.78 Å². The van der Waals surface area contributed by atoms with Gasteiger partial charge in [-0.3, -0.25) is 4.79 Å². The first-order valence-corrected chi connectivity index (χ1v) is 4.73. The first-order valence-electron chi connectivity index (χ1n) is 4.73. The van der Waals surface area contributed by atoms with Crippen LogP contribution in [0.3, 0.4) is 0 Å². The van der Waals surface area contributed by atoms with Gasteiger partial charge in [0.1, 0.15) is 5.78 Å². The molecule has 0 heterocycles. The van der Waals surface area contributed by atoms with Gasteiger partial charge in [0.15, 0.2) is 0 Å². The predicted octanol–water partition coefficient (Wildman–Crippen LogP) is 3.04. The molecule has 1 aliphatic carbocycles. The van der Waals surface area contributed by atoms with Gasteiger partial charge in [0.05, 0.1) is 0 Å². The minimum absolute atomic E-state index is 0.348. The van der Waals surface area contributed by atoms with E-state index in [1.807, 2.05) is 20.8 Å². The van der Waals surface area contributed by atoms with Crippen LogP contribution in [0.5, 0.6) is 0 Å². The van der Waals surface area contributed by atoms with E-state index >= 15 is 0 Å². The lowest BCUT2D eigenvalue weighted by atomic mass is 9.83. The molecule has 0 aromatic heterocycles. The fourth-order valence-corrected chi connectivity index (χ4v) is 1.34. The van der Waals surface area contributed by atoms with E-state index in [-0.39, 0.29) is 0 Å². The van der Waals surface area contributed by atoms with Crippen LogP contribution in [0.4, 0.5) is 0 Å². The minimum Gasteiger partial charge on any atom is -0.299 e. The number of carbonyl (C=O) groups excluding carboxylic acids is 1. The molecule has 0 radical (unpaired) electrons. The summed E-state index contributed by atoms with van der Waals surface area (Å²) in [5.74, 6) is 1.46. The standard InChI is InChI=1S/C8H14O.C2H6/c1-6-3-4-7(2)8(9)5-6;1-2/h6-7H,3-5H2,1-2H3;1-2H3. The summed E-state index contributed by atoms with van der Waals surface area (Å²) in [7, 11) is 0. The van der Waals surface area contributed by atoms with E-state index in [0.29, 0.717) is 17.6 Å². The largest absolute Gasteiger partial charge is 0.299 e. The second kappa shape index (κ2) is 5.34. The van der Waals surface area contributed by atoms with Crippen LogP contribution >= 0.6 is 0 Å². The Bertz CT molecular complexity index is 118. The molecule has 2 atom stereocenters. The molecular formula is C10H20O. The van der Waals surface area contributed by atoms with Crippen molar-refractivity contribution in [1.82, 2.24) is 0 Å². The fraction of sp³-hybridized carbons (Fsp3) is 0.900. The number of ketones is 1. The van der Waals surface area contributed by atoms with E-state index in [0.717, 1.165) is 12.8 Å². The number of carbonyl (C=O) groups is 1. The zero-order valence-corrected chi connectivity index (χ0v) is 8.18. The minimum atomic E-state index is 0.348. The average Bonchev–Trinajstić information content (AvgIpc) is 2.02. The summed E-state index contributed by atoms with van der Waals surface area (Å²) < 4.78 is 0. The molecule has 0 aromatic carbocycles. The van der Waals surface area contributed by atoms with Gasteiger partial charge in [-0.1, -0.05) is 27.7 Å². The normalized spacial score (nSPS) is 30.7. The van der Waals surface area contributed by atoms with Crippen LogP contribution in [0, 0.1) is 11.8 Å². The zero-order valence-electron chi connectivity index (χ0n) is 8.18. The van der Waals surface area contributed by atoms with Gasteiger partial charge in [-0.2, -0.15) is 0 Å². The molecule has 0 amide bonds. The maximum atomic E-state index is 11.0. The van der Waals surface area contributed by atoms with Crippen molar-refractivity contribution in [3.63, 3.8) is 0 Å². The number of Topliss-reactive ketones (excluding diaryl/α,β-unsaturated/α-hetero) is 1. The van der Waals surface area contributed by atoms with Crippen molar-refractivity contribution in [2.24, 2.45) is 11.8 Å². The monoisotopic (exact) mass is 156 g/mol. The quantitative estimate of drug-likeness (QED) is 0.527. The van der Waals surface area contributed by atoms with E-state index in [2.05, 4.69) is 6.92 Å². The molecule has 0 N–H and O–H groups in total. The lowest BCUT2D eigenvalue weighted by molar-refractivity contribution is -0.125. The maximum Gasteiger partial charge on any atom is 0.135 e. The molecule has 1 rings (SSSR count). The third-order valence-corrected chi connectivity index (χ3v) is 2.19. The van der Waals surface area contributed by atoms with E-state index < -0.39 is 0 Å². The van der Waals surface area contributed by atoms with Crippen molar-refractivity contribution in [2.45, 2.75) is 47.0 Å². The fourth-order valence-electron chi connectivity index (χ4n) is 1.34. The topological polar surface area (TPSA) is 17.1 Å². The highest BCUT2D eigenvalue weighted by Gasteiger charge is 2.21. The van der Waals surface area contributed by atoms with Crippen molar-refractivity contribution < 1.29 is 4.79 Å². The number of rotatable bonds is 0. The summed E-state index contributed by atoms with van der Waals surface area (Å²) in [6, 6.07) is 0. The van der Waals surface area contributed by atoms with E-state index in [9.17, 15) is 4.79 Å². The van der Waals surface area contributed by atoms with Crippen LogP contribution in [-0.2, 0) is 4.79 Å². The van der Waals surface area contributed by atoms with Gasteiger partial charge < -0.3 is 0 Å². The van der Waals surface area contributed by atoms with Gasteiger partial charge >= 0.3 is 0 Å². The molecule has 1 saturated carbocycles. The molecule has 11 heavy (non-hydrogen) atoms.